The molecule has 3 nitrogen and oxygen atoms in total. The number of hydrogen-bond donors (Lipinski definition) is 1. The Balaban J connectivity index is 1.91. The van der Waals surface area contributed by atoms with Crippen molar-refractivity contribution in [3.8, 4) is 0 Å². The highest BCUT2D eigenvalue weighted by atomic mass is 16.1. The van der Waals surface area contributed by atoms with E-state index in [4.69, 9.17) is 5.73 Å². The molecule has 0 saturated heterocycles. The van der Waals surface area contributed by atoms with Crippen molar-refractivity contribution < 1.29 is 4.79 Å². The third kappa shape index (κ3) is 3.80. The average Bonchev–Trinajstić information content (AvgIpc) is 2.40. The number of nitrogens with two attached hydrogens (primary N) is 1. The fourth-order valence-electron chi connectivity index (χ4n) is 2.87. The molecule has 0 unspecified atom stereocenters. The van der Waals surface area contributed by atoms with Crippen molar-refractivity contribution in [1.82, 2.24) is 4.90 Å². The van der Waals surface area contributed by atoms with Crippen LogP contribution in [0.4, 0.5) is 0 Å². The molecule has 1 aromatic carbocycles. The molecule has 0 radical (unpaired) electrons. The highest BCUT2D eigenvalue weighted by Gasteiger charge is 2.21. The zero-order chi connectivity index (χ0) is 13.8. The number of carbonyl (C=O) groups is 1. The molecule has 3 heteroatoms. The zero-order valence-electron chi connectivity index (χ0n) is 11.9. The number of primary amides is 1. The Hall–Kier alpha value is -1.35. The van der Waals surface area contributed by atoms with Gasteiger partial charge in [0.2, 0.25) is 5.91 Å². The van der Waals surface area contributed by atoms with E-state index in [1.807, 2.05) is 24.3 Å². The van der Waals surface area contributed by atoms with Gasteiger partial charge in [0.15, 0.2) is 0 Å². The van der Waals surface area contributed by atoms with Crippen LogP contribution in [0.1, 0.15) is 48.5 Å². The van der Waals surface area contributed by atoms with Crippen LogP contribution in [-0.4, -0.2) is 23.9 Å². The van der Waals surface area contributed by atoms with E-state index in [-0.39, 0.29) is 5.91 Å². The minimum atomic E-state index is -0.360. The van der Waals surface area contributed by atoms with Crippen LogP contribution >= 0.6 is 0 Å². The van der Waals surface area contributed by atoms with Crippen LogP contribution in [0.15, 0.2) is 24.3 Å². The maximum Gasteiger partial charge on any atom is 0.248 e. The van der Waals surface area contributed by atoms with Crippen LogP contribution in [0, 0.1) is 5.92 Å². The molecule has 104 valence electrons. The molecule has 1 aromatic rings. The van der Waals surface area contributed by atoms with Gasteiger partial charge < -0.3 is 5.73 Å². The summed E-state index contributed by atoms with van der Waals surface area (Å²) in [5.74, 6) is 0.528. The minimum absolute atomic E-state index is 0.360. The predicted molar refractivity (Wildman–Crippen MR) is 77.8 cm³/mol. The van der Waals surface area contributed by atoms with Gasteiger partial charge in [0.25, 0.3) is 0 Å². The normalized spacial score (nSPS) is 23.5. The first-order valence-corrected chi connectivity index (χ1v) is 7.15. The Morgan fingerprint density at radius 3 is 2.32 bits per heavy atom. The molecule has 0 aliphatic heterocycles. The molecule has 1 aliphatic carbocycles. The van der Waals surface area contributed by atoms with E-state index in [1.165, 1.54) is 31.2 Å². The number of hydrogen-bond acceptors (Lipinski definition) is 2. The van der Waals surface area contributed by atoms with Crippen molar-refractivity contribution in [3.05, 3.63) is 35.4 Å². The molecule has 2 rings (SSSR count). The van der Waals surface area contributed by atoms with Crippen LogP contribution in [0.3, 0.4) is 0 Å². The molecule has 0 atom stereocenters. The van der Waals surface area contributed by atoms with Gasteiger partial charge in [-0.2, -0.15) is 0 Å². The van der Waals surface area contributed by atoms with Crippen molar-refractivity contribution in [1.29, 1.82) is 0 Å². The summed E-state index contributed by atoms with van der Waals surface area (Å²) < 4.78 is 0. The maximum atomic E-state index is 11.0. The molecular formula is C16H24N2O. The van der Waals surface area contributed by atoms with E-state index in [9.17, 15) is 4.79 Å². The van der Waals surface area contributed by atoms with E-state index in [0.717, 1.165) is 12.5 Å². The average molecular weight is 260 g/mol. The van der Waals surface area contributed by atoms with Gasteiger partial charge in [0, 0.05) is 18.2 Å². The highest BCUT2D eigenvalue weighted by Crippen LogP contribution is 2.27. The lowest BCUT2D eigenvalue weighted by atomic mass is 9.86. The first kappa shape index (κ1) is 14.1. The van der Waals surface area contributed by atoms with Crippen LogP contribution in [0.5, 0.6) is 0 Å². The number of amides is 1. The highest BCUT2D eigenvalue weighted by molar-refractivity contribution is 5.92. The Kier molecular flexibility index (Phi) is 4.59. The molecule has 1 saturated carbocycles. The Morgan fingerprint density at radius 2 is 1.79 bits per heavy atom. The van der Waals surface area contributed by atoms with Crippen LogP contribution < -0.4 is 5.73 Å². The van der Waals surface area contributed by atoms with Crippen LogP contribution in [-0.2, 0) is 6.54 Å². The first-order chi connectivity index (χ1) is 9.06. The minimum Gasteiger partial charge on any atom is -0.366 e. The summed E-state index contributed by atoms with van der Waals surface area (Å²) in [6.45, 7) is 3.29. The molecule has 1 aliphatic rings. The van der Waals surface area contributed by atoms with E-state index in [1.54, 1.807) is 0 Å². The topological polar surface area (TPSA) is 46.3 Å². The molecule has 0 bridgehead atoms. The van der Waals surface area contributed by atoms with Crippen molar-refractivity contribution in [2.45, 2.75) is 45.2 Å². The lowest BCUT2D eigenvalue weighted by Crippen LogP contribution is -2.34. The van der Waals surface area contributed by atoms with Crippen LogP contribution in [0.2, 0.25) is 0 Å². The second kappa shape index (κ2) is 6.20. The fourth-order valence-corrected chi connectivity index (χ4v) is 2.87. The molecule has 0 heterocycles. The molecule has 1 amide bonds. The van der Waals surface area contributed by atoms with Crippen molar-refractivity contribution >= 4 is 5.91 Å². The summed E-state index contributed by atoms with van der Waals surface area (Å²) in [5, 5.41) is 0. The van der Waals surface area contributed by atoms with E-state index >= 15 is 0 Å². The van der Waals surface area contributed by atoms with E-state index in [0.29, 0.717) is 11.6 Å². The monoisotopic (exact) mass is 260 g/mol. The molecular weight excluding hydrogens is 236 g/mol. The number of benzene rings is 1. The lowest BCUT2D eigenvalue weighted by Gasteiger charge is -2.33. The Labute approximate surface area is 115 Å². The second-order valence-electron chi connectivity index (χ2n) is 5.89. The van der Waals surface area contributed by atoms with Gasteiger partial charge in [0.05, 0.1) is 0 Å². The summed E-state index contributed by atoms with van der Waals surface area (Å²) in [5.41, 5.74) is 7.07. The van der Waals surface area contributed by atoms with Gasteiger partial charge in [-0.05, 0) is 56.3 Å². The standard InChI is InChI=1S/C16H24N2O/c1-12-3-9-15(10-4-12)18(2)11-13-5-7-14(8-6-13)16(17)19/h5-8,12,15H,3-4,9-11H2,1-2H3,(H2,17,19). The van der Waals surface area contributed by atoms with E-state index in [2.05, 4.69) is 18.9 Å². The van der Waals surface area contributed by atoms with Gasteiger partial charge >= 0.3 is 0 Å². The number of rotatable bonds is 4. The summed E-state index contributed by atoms with van der Waals surface area (Å²) in [6, 6.07) is 8.33. The second-order valence-corrected chi connectivity index (χ2v) is 5.89. The fraction of sp³-hybridized carbons (Fsp3) is 0.562. The number of nitrogens with zero attached hydrogens (tertiary/aromatic N) is 1. The first-order valence-electron chi connectivity index (χ1n) is 7.15. The SMILES string of the molecule is CC1CCC(N(C)Cc2ccc(C(N)=O)cc2)CC1. The van der Waals surface area contributed by atoms with Gasteiger partial charge in [0.1, 0.15) is 0 Å². The van der Waals surface area contributed by atoms with E-state index < -0.39 is 0 Å². The largest absolute Gasteiger partial charge is 0.366 e. The van der Waals surface area contributed by atoms with Gasteiger partial charge in [-0.1, -0.05) is 19.1 Å². The summed E-state index contributed by atoms with van der Waals surface area (Å²) in [7, 11) is 2.20. The molecule has 2 N–H and O–H groups in total. The summed E-state index contributed by atoms with van der Waals surface area (Å²) in [4.78, 5) is 13.5. The number of carbonyl (C=O) groups excluding carboxylic acids is 1. The predicted octanol–water partition coefficient (Wildman–Crippen LogP) is 2.80. The Morgan fingerprint density at radius 1 is 1.21 bits per heavy atom. The maximum absolute atomic E-state index is 11.0. The molecule has 1 fully saturated rings. The smallest absolute Gasteiger partial charge is 0.248 e. The summed E-state index contributed by atoms with van der Waals surface area (Å²) in [6.07, 6.45) is 5.29. The van der Waals surface area contributed by atoms with Gasteiger partial charge in [-0.25, -0.2) is 0 Å². The van der Waals surface area contributed by atoms with Crippen molar-refractivity contribution in [3.63, 3.8) is 0 Å². The lowest BCUT2D eigenvalue weighted by molar-refractivity contribution is 0.100. The zero-order valence-corrected chi connectivity index (χ0v) is 11.9. The van der Waals surface area contributed by atoms with Gasteiger partial charge in [-0.15, -0.1) is 0 Å². The Bertz CT molecular complexity index is 419. The quantitative estimate of drug-likeness (QED) is 0.905. The molecule has 0 spiro atoms. The van der Waals surface area contributed by atoms with Crippen molar-refractivity contribution in [2.24, 2.45) is 11.7 Å². The van der Waals surface area contributed by atoms with Crippen molar-refractivity contribution in [2.75, 3.05) is 7.05 Å². The van der Waals surface area contributed by atoms with Crippen LogP contribution in [0.25, 0.3) is 0 Å². The third-order valence-corrected chi connectivity index (χ3v) is 4.28. The molecule has 19 heavy (non-hydrogen) atoms. The van der Waals surface area contributed by atoms with Gasteiger partial charge in [-0.3, -0.25) is 9.69 Å². The molecule has 0 aromatic heterocycles. The summed E-state index contributed by atoms with van der Waals surface area (Å²) >= 11 is 0. The third-order valence-electron chi connectivity index (χ3n) is 4.28.